The van der Waals surface area contributed by atoms with Gasteiger partial charge in [-0.15, -0.1) is 0 Å². The minimum Gasteiger partial charge on any atom is -0.478 e. The number of aromatic carboxylic acids is 2. The van der Waals surface area contributed by atoms with E-state index in [1.54, 1.807) is 6.92 Å². The number of nitrogens with two attached hydrogens (primary N) is 2. The van der Waals surface area contributed by atoms with Crippen LogP contribution in [0, 0.1) is 6.92 Å². The van der Waals surface area contributed by atoms with Crippen molar-refractivity contribution in [3.8, 4) is 0 Å². The highest BCUT2D eigenvalue weighted by Gasteiger charge is 2.17. The van der Waals surface area contributed by atoms with Crippen LogP contribution in [0.3, 0.4) is 0 Å². The van der Waals surface area contributed by atoms with Gasteiger partial charge in [0.2, 0.25) is 5.91 Å². The molecule has 0 heterocycles. The fraction of sp³-hybridized carbons (Fsp3) is 0.267. The fourth-order valence-corrected chi connectivity index (χ4v) is 2.02. The molecule has 0 aliphatic heterocycles. The molecule has 0 aromatic heterocycles. The zero-order chi connectivity index (χ0) is 21.1. The summed E-state index contributed by atoms with van der Waals surface area (Å²) in [4.78, 5) is 30.9. The smallest absolute Gasteiger partial charge is 0.338 e. The highest BCUT2D eigenvalue weighted by atomic mass is 32.2. The summed E-state index contributed by atoms with van der Waals surface area (Å²) in [6.45, 7) is 6.19. The second-order valence-electron chi connectivity index (χ2n) is 4.71. The SMILES string of the molecule is C=CC(N)=O.CCCS(=O)(=O)O.Cc1c(C(=O)O)ccc(N)c1C(=O)O. The van der Waals surface area contributed by atoms with Gasteiger partial charge in [-0.1, -0.05) is 13.5 Å². The Hall–Kier alpha value is -2.92. The second kappa shape index (κ2) is 11.6. The largest absolute Gasteiger partial charge is 0.478 e. The quantitative estimate of drug-likeness (QED) is 0.275. The maximum atomic E-state index is 10.7. The number of carbonyl (C=O) groups is 3. The normalized spacial score (nSPS) is 9.65. The third kappa shape index (κ3) is 10.8. The van der Waals surface area contributed by atoms with E-state index < -0.39 is 28.0 Å². The fourth-order valence-electron chi connectivity index (χ4n) is 1.51. The predicted octanol–water partition coefficient (Wildman–Crippen LogP) is 0.916. The van der Waals surface area contributed by atoms with Crippen LogP contribution in [0.5, 0.6) is 0 Å². The average Bonchev–Trinajstić information content (AvgIpc) is 2.46. The van der Waals surface area contributed by atoms with Gasteiger partial charge in [0, 0.05) is 5.69 Å². The number of primary amides is 1. The summed E-state index contributed by atoms with van der Waals surface area (Å²) in [6, 6.07) is 2.57. The number of anilines is 1. The van der Waals surface area contributed by atoms with Crippen LogP contribution >= 0.6 is 0 Å². The number of carboxylic acid groups (broad SMARTS) is 2. The first-order chi connectivity index (χ1) is 11.8. The van der Waals surface area contributed by atoms with Crippen molar-refractivity contribution in [2.45, 2.75) is 20.3 Å². The van der Waals surface area contributed by atoms with Crippen molar-refractivity contribution in [2.24, 2.45) is 5.73 Å². The van der Waals surface area contributed by atoms with Gasteiger partial charge in [0.15, 0.2) is 0 Å². The Morgan fingerprint density at radius 2 is 1.65 bits per heavy atom. The summed E-state index contributed by atoms with van der Waals surface area (Å²) in [5.74, 6) is -2.99. The van der Waals surface area contributed by atoms with Crippen LogP contribution in [0.15, 0.2) is 24.8 Å². The molecule has 26 heavy (non-hydrogen) atoms. The summed E-state index contributed by atoms with van der Waals surface area (Å²) in [5, 5.41) is 17.5. The van der Waals surface area contributed by atoms with Crippen LogP contribution in [-0.4, -0.2) is 46.8 Å². The first-order valence-electron chi connectivity index (χ1n) is 7.01. The van der Waals surface area contributed by atoms with E-state index in [2.05, 4.69) is 12.3 Å². The summed E-state index contributed by atoms with van der Waals surface area (Å²) < 4.78 is 27.6. The minimum atomic E-state index is -3.67. The van der Waals surface area contributed by atoms with Gasteiger partial charge in [-0.05, 0) is 37.1 Å². The number of carbonyl (C=O) groups excluding carboxylic acids is 1. The number of hydrogen-bond acceptors (Lipinski definition) is 6. The lowest BCUT2D eigenvalue weighted by Gasteiger charge is -2.07. The zero-order valence-electron chi connectivity index (χ0n) is 14.3. The van der Waals surface area contributed by atoms with Crippen LogP contribution in [0.1, 0.15) is 39.6 Å². The summed E-state index contributed by atoms with van der Waals surface area (Å²) in [6.07, 6.45) is 1.53. The van der Waals surface area contributed by atoms with E-state index >= 15 is 0 Å². The number of benzene rings is 1. The minimum absolute atomic E-state index is 0.0448. The Morgan fingerprint density at radius 1 is 1.19 bits per heavy atom. The number of carboxylic acids is 2. The number of hydrogen-bond donors (Lipinski definition) is 5. The standard InChI is InChI=1S/C9H9NO4.C3H5NO.C3H8O3S/c1-4-5(8(11)12)2-3-6(10)7(4)9(13)14;1-2-3(4)5;1-2-3-7(4,5)6/h2-3H,10H2,1H3,(H,11,12)(H,13,14);2H,1H2,(H2,4,5);2-3H2,1H3,(H,4,5,6). The Balaban J connectivity index is 0. The lowest BCUT2D eigenvalue weighted by atomic mass is 10.0. The van der Waals surface area contributed by atoms with E-state index in [1.165, 1.54) is 19.1 Å². The van der Waals surface area contributed by atoms with Gasteiger partial charge < -0.3 is 21.7 Å². The number of rotatable bonds is 5. The molecule has 1 amide bonds. The van der Waals surface area contributed by atoms with Crippen molar-refractivity contribution in [2.75, 3.05) is 11.5 Å². The van der Waals surface area contributed by atoms with Crippen LogP contribution in [0.2, 0.25) is 0 Å². The third-order valence-electron chi connectivity index (χ3n) is 2.60. The highest BCUT2D eigenvalue weighted by Crippen LogP contribution is 2.20. The topological polar surface area (TPSA) is 198 Å². The van der Waals surface area contributed by atoms with Gasteiger partial charge in [0.25, 0.3) is 10.1 Å². The third-order valence-corrected chi connectivity index (χ3v) is 3.53. The summed E-state index contributed by atoms with van der Waals surface area (Å²) >= 11 is 0. The van der Waals surface area contributed by atoms with Gasteiger partial charge in [-0.25, -0.2) is 9.59 Å². The van der Waals surface area contributed by atoms with Crippen LogP contribution in [-0.2, 0) is 14.9 Å². The van der Waals surface area contributed by atoms with E-state index in [9.17, 15) is 22.8 Å². The Bertz CT molecular complexity index is 772. The van der Waals surface area contributed by atoms with Crippen LogP contribution in [0.25, 0.3) is 0 Å². The second-order valence-corrected chi connectivity index (χ2v) is 6.28. The summed E-state index contributed by atoms with van der Waals surface area (Å²) in [5.41, 5.74) is 10.00. The highest BCUT2D eigenvalue weighted by molar-refractivity contribution is 7.85. The molecule has 0 spiro atoms. The van der Waals surface area contributed by atoms with Crippen LogP contribution in [0.4, 0.5) is 5.69 Å². The van der Waals surface area contributed by atoms with Gasteiger partial charge in [-0.2, -0.15) is 8.42 Å². The molecule has 0 saturated heterocycles. The molecule has 0 atom stereocenters. The Labute approximate surface area is 150 Å². The van der Waals surface area contributed by atoms with Crippen molar-refractivity contribution in [3.05, 3.63) is 41.5 Å². The molecule has 0 fully saturated rings. The van der Waals surface area contributed by atoms with E-state index in [4.69, 9.17) is 20.5 Å². The molecular formula is C15H22N2O8S. The molecule has 0 aliphatic carbocycles. The van der Waals surface area contributed by atoms with Crippen molar-refractivity contribution >= 4 is 33.7 Å². The summed E-state index contributed by atoms with van der Waals surface area (Å²) in [7, 11) is -3.67. The van der Waals surface area contributed by atoms with Crippen LogP contribution < -0.4 is 11.5 Å². The van der Waals surface area contributed by atoms with Gasteiger partial charge in [0.05, 0.1) is 16.9 Å². The lowest BCUT2D eigenvalue weighted by molar-refractivity contribution is -0.113. The van der Waals surface area contributed by atoms with Crippen molar-refractivity contribution in [1.82, 2.24) is 0 Å². The molecule has 0 unspecified atom stereocenters. The monoisotopic (exact) mass is 390 g/mol. The lowest BCUT2D eigenvalue weighted by Crippen LogP contribution is -2.10. The molecule has 0 radical (unpaired) electrons. The van der Waals surface area contributed by atoms with Gasteiger partial charge in [0.1, 0.15) is 0 Å². The Morgan fingerprint density at radius 3 is 1.88 bits per heavy atom. The number of nitrogen functional groups attached to an aromatic ring is 1. The molecular weight excluding hydrogens is 368 g/mol. The maximum Gasteiger partial charge on any atom is 0.338 e. The first kappa shape index (κ1) is 25.3. The molecule has 146 valence electrons. The molecule has 1 aromatic rings. The first-order valence-corrected chi connectivity index (χ1v) is 8.62. The van der Waals surface area contributed by atoms with Crippen molar-refractivity contribution in [3.63, 3.8) is 0 Å². The van der Waals surface area contributed by atoms with E-state index in [0.29, 0.717) is 6.42 Å². The molecule has 1 aromatic carbocycles. The molecule has 1 rings (SSSR count). The van der Waals surface area contributed by atoms with Crippen molar-refractivity contribution < 1.29 is 37.6 Å². The maximum absolute atomic E-state index is 10.7. The number of amides is 1. The van der Waals surface area contributed by atoms with Crippen molar-refractivity contribution in [1.29, 1.82) is 0 Å². The van der Waals surface area contributed by atoms with E-state index in [1.807, 2.05) is 0 Å². The molecule has 0 saturated carbocycles. The molecule has 11 heteroatoms. The predicted molar refractivity (Wildman–Crippen MR) is 95.6 cm³/mol. The molecule has 7 N–H and O–H groups in total. The zero-order valence-corrected chi connectivity index (χ0v) is 15.1. The molecule has 0 aliphatic rings. The molecule has 0 bridgehead atoms. The van der Waals surface area contributed by atoms with E-state index in [0.717, 1.165) is 6.08 Å². The molecule has 10 nitrogen and oxygen atoms in total. The Kier molecular flexibility index (Phi) is 11.3. The average molecular weight is 390 g/mol. The van der Waals surface area contributed by atoms with E-state index in [-0.39, 0.29) is 28.1 Å². The van der Waals surface area contributed by atoms with Gasteiger partial charge >= 0.3 is 11.9 Å². The van der Waals surface area contributed by atoms with Gasteiger partial charge in [-0.3, -0.25) is 9.35 Å².